The zero-order valence-electron chi connectivity index (χ0n) is 16.6. The molecule has 5 fully saturated rings. The van der Waals surface area contributed by atoms with E-state index in [1.165, 1.54) is 6.42 Å². The largest absolute Gasteiger partial charge is 0.333 e. The van der Waals surface area contributed by atoms with Gasteiger partial charge in [0.1, 0.15) is 5.60 Å². The third kappa shape index (κ3) is 2.57. The second kappa shape index (κ2) is 6.18. The number of terminal acetylenes is 1. The molecule has 146 valence electrons. The summed E-state index contributed by atoms with van der Waals surface area (Å²) >= 11 is 0. The number of hydrogen-bond donors (Lipinski definition) is 0. The Balaban J connectivity index is 1.70. The zero-order valence-corrected chi connectivity index (χ0v) is 16.6. The molecular weight excluding hydrogens is 332 g/mol. The second-order valence-electron chi connectivity index (χ2n) is 9.12. The van der Waals surface area contributed by atoms with Gasteiger partial charge in [-0.15, -0.1) is 6.42 Å². The van der Waals surface area contributed by atoms with Gasteiger partial charge in [0.2, 0.25) is 5.79 Å². The van der Waals surface area contributed by atoms with E-state index in [9.17, 15) is 0 Å². The Morgan fingerprint density at radius 1 is 1.19 bits per heavy atom. The number of ether oxygens (including phenoxy) is 3. The van der Waals surface area contributed by atoms with Gasteiger partial charge in [-0.3, -0.25) is 0 Å². The number of rotatable bonds is 3. The molecule has 0 aromatic rings. The fourth-order valence-electron chi connectivity index (χ4n) is 5.48. The van der Waals surface area contributed by atoms with Gasteiger partial charge in [-0.1, -0.05) is 26.7 Å². The first-order valence-electron chi connectivity index (χ1n) is 10.1. The van der Waals surface area contributed by atoms with E-state index < -0.39 is 29.6 Å². The molecule has 5 nitrogen and oxygen atoms in total. The maximum absolute atomic E-state index is 6.41. The van der Waals surface area contributed by atoms with Gasteiger partial charge in [-0.25, -0.2) is 9.78 Å². The van der Waals surface area contributed by atoms with Crippen LogP contribution >= 0.6 is 0 Å². The highest BCUT2D eigenvalue weighted by molar-refractivity contribution is 5.10. The van der Waals surface area contributed by atoms with Crippen LogP contribution in [0.5, 0.6) is 0 Å². The van der Waals surface area contributed by atoms with Crippen LogP contribution in [0.4, 0.5) is 0 Å². The summed E-state index contributed by atoms with van der Waals surface area (Å²) in [5, 5.41) is 0. The predicted molar refractivity (Wildman–Crippen MR) is 95.4 cm³/mol. The average Bonchev–Trinajstić information content (AvgIpc) is 2.85. The van der Waals surface area contributed by atoms with Crippen LogP contribution < -0.4 is 0 Å². The summed E-state index contributed by atoms with van der Waals surface area (Å²) in [7, 11) is 0. The predicted octanol–water partition coefficient (Wildman–Crippen LogP) is 4.01. The molecule has 1 unspecified atom stereocenters. The molecule has 1 spiro atoms. The smallest absolute Gasteiger partial charge is 0.201 e. The molecular formula is C21H32O5. The lowest BCUT2D eigenvalue weighted by molar-refractivity contribution is -0.578. The lowest BCUT2D eigenvalue weighted by Gasteiger charge is -2.60. The van der Waals surface area contributed by atoms with Crippen molar-refractivity contribution in [3.8, 4) is 12.3 Å². The van der Waals surface area contributed by atoms with Gasteiger partial charge in [0, 0.05) is 18.3 Å². The fourth-order valence-corrected chi connectivity index (χ4v) is 5.48. The summed E-state index contributed by atoms with van der Waals surface area (Å²) in [5.74, 6) is 3.35. The average molecular weight is 364 g/mol. The Labute approximate surface area is 157 Å². The first kappa shape index (κ1) is 18.7. The van der Waals surface area contributed by atoms with E-state index in [2.05, 4.69) is 19.8 Å². The van der Waals surface area contributed by atoms with Gasteiger partial charge in [-0.05, 0) is 51.4 Å². The maximum Gasteiger partial charge on any atom is 0.201 e. The van der Waals surface area contributed by atoms with Crippen LogP contribution in [0, 0.1) is 36.0 Å². The number of hydrogen-bond acceptors (Lipinski definition) is 5. The summed E-state index contributed by atoms with van der Waals surface area (Å²) in [6, 6.07) is 0. The first-order chi connectivity index (χ1) is 12.3. The SMILES string of the molecule is C#CC(C)(CC)O[C@H]1O[C@@H]2O[C@@]3(C)CC[C@H]4[C@H](C)CC[C@@H]([C@H]1C)[C@@]24OO3. The highest BCUT2D eigenvalue weighted by Crippen LogP contribution is 2.60. The van der Waals surface area contributed by atoms with E-state index in [0.29, 0.717) is 11.8 Å². The van der Waals surface area contributed by atoms with E-state index in [1.807, 2.05) is 20.8 Å². The van der Waals surface area contributed by atoms with Crippen molar-refractivity contribution >= 4 is 0 Å². The highest BCUT2D eigenvalue weighted by Gasteiger charge is 2.69. The highest BCUT2D eigenvalue weighted by atomic mass is 17.3. The van der Waals surface area contributed by atoms with Gasteiger partial charge in [0.05, 0.1) is 0 Å². The van der Waals surface area contributed by atoms with Crippen molar-refractivity contribution < 1.29 is 24.0 Å². The van der Waals surface area contributed by atoms with Crippen molar-refractivity contribution in [3.05, 3.63) is 0 Å². The number of fused-ring (bicyclic) bond motifs is 2. The van der Waals surface area contributed by atoms with Crippen LogP contribution in [0.15, 0.2) is 0 Å². The summed E-state index contributed by atoms with van der Waals surface area (Å²) in [6.07, 6.45) is 9.65. The molecule has 9 atom stereocenters. The van der Waals surface area contributed by atoms with Gasteiger partial charge >= 0.3 is 0 Å². The van der Waals surface area contributed by atoms with Gasteiger partial charge in [0.25, 0.3) is 0 Å². The van der Waals surface area contributed by atoms with E-state index in [4.69, 9.17) is 30.4 Å². The van der Waals surface area contributed by atoms with Gasteiger partial charge in [-0.2, -0.15) is 0 Å². The molecule has 4 heterocycles. The minimum atomic E-state index is -0.761. The van der Waals surface area contributed by atoms with Crippen LogP contribution in [0.2, 0.25) is 0 Å². The van der Waals surface area contributed by atoms with Gasteiger partial charge in [0.15, 0.2) is 18.2 Å². The Morgan fingerprint density at radius 3 is 2.65 bits per heavy atom. The maximum atomic E-state index is 6.41. The van der Waals surface area contributed by atoms with Gasteiger partial charge < -0.3 is 14.2 Å². The molecule has 0 amide bonds. The molecule has 5 rings (SSSR count). The minimum Gasteiger partial charge on any atom is -0.333 e. The van der Waals surface area contributed by atoms with Crippen molar-refractivity contribution in [1.29, 1.82) is 0 Å². The molecule has 5 aliphatic rings. The molecule has 1 saturated carbocycles. The molecule has 2 bridgehead atoms. The van der Waals surface area contributed by atoms with Crippen LogP contribution in [-0.4, -0.2) is 29.6 Å². The van der Waals surface area contributed by atoms with Crippen molar-refractivity contribution in [3.63, 3.8) is 0 Å². The van der Waals surface area contributed by atoms with Crippen LogP contribution in [0.25, 0.3) is 0 Å². The molecule has 5 heteroatoms. The van der Waals surface area contributed by atoms with Crippen molar-refractivity contribution in [2.24, 2.45) is 23.7 Å². The zero-order chi connectivity index (χ0) is 18.7. The topological polar surface area (TPSA) is 46.2 Å². The molecule has 1 aliphatic carbocycles. The monoisotopic (exact) mass is 364 g/mol. The molecule has 4 saturated heterocycles. The molecule has 0 N–H and O–H groups in total. The molecule has 26 heavy (non-hydrogen) atoms. The summed E-state index contributed by atoms with van der Waals surface area (Å²) in [5.41, 5.74) is -1.19. The lowest BCUT2D eigenvalue weighted by Crippen LogP contribution is -2.70. The van der Waals surface area contributed by atoms with E-state index in [-0.39, 0.29) is 11.8 Å². The molecule has 0 aromatic carbocycles. The third-order valence-corrected chi connectivity index (χ3v) is 7.45. The van der Waals surface area contributed by atoms with E-state index >= 15 is 0 Å². The quantitative estimate of drug-likeness (QED) is 0.559. The summed E-state index contributed by atoms with van der Waals surface area (Å²) in [4.78, 5) is 12.0. The fraction of sp³-hybridized carbons (Fsp3) is 0.905. The van der Waals surface area contributed by atoms with E-state index in [1.54, 1.807) is 0 Å². The van der Waals surface area contributed by atoms with E-state index in [0.717, 1.165) is 25.7 Å². The Morgan fingerprint density at radius 2 is 1.96 bits per heavy atom. The first-order valence-corrected chi connectivity index (χ1v) is 10.1. The van der Waals surface area contributed by atoms with Crippen LogP contribution in [0.3, 0.4) is 0 Å². The molecule has 0 aromatic heterocycles. The molecule has 0 radical (unpaired) electrons. The molecule has 4 aliphatic heterocycles. The Hall–Kier alpha value is -0.640. The Kier molecular flexibility index (Phi) is 4.45. The third-order valence-electron chi connectivity index (χ3n) is 7.45. The van der Waals surface area contributed by atoms with Crippen LogP contribution in [0.1, 0.15) is 66.7 Å². The second-order valence-corrected chi connectivity index (χ2v) is 9.12. The van der Waals surface area contributed by atoms with Crippen molar-refractivity contribution in [1.82, 2.24) is 0 Å². The standard InChI is InChI=1S/C21H32O5/c1-7-19(5,8-2)23-17-14(4)16-10-9-13(3)15-11-12-20(6)24-18(22-17)21(15,16)26-25-20/h1,13-18H,8-12H2,2-6H3/t13-,14-,15+,16+,17-,18-,19?,20-,21-/m1/s1. The van der Waals surface area contributed by atoms with Crippen molar-refractivity contribution in [2.45, 2.75) is 96.3 Å². The Bertz CT molecular complexity index is 602. The summed E-state index contributed by atoms with van der Waals surface area (Å²) < 4.78 is 19.0. The van der Waals surface area contributed by atoms with Crippen LogP contribution in [-0.2, 0) is 24.0 Å². The minimum absolute atomic E-state index is 0.148. The lowest BCUT2D eigenvalue weighted by atomic mass is 9.58. The summed E-state index contributed by atoms with van der Waals surface area (Å²) in [6.45, 7) is 10.4. The normalized spacial score (nSPS) is 52.5. The van der Waals surface area contributed by atoms with Crippen molar-refractivity contribution in [2.75, 3.05) is 0 Å².